The highest BCUT2D eigenvalue weighted by Crippen LogP contribution is 2.27. The number of hydrogen-bond donors (Lipinski definition) is 0. The van der Waals surface area contributed by atoms with Crippen LogP contribution in [0.15, 0.2) is 37.3 Å². The van der Waals surface area contributed by atoms with Gasteiger partial charge in [0.2, 0.25) is 0 Å². The molecule has 0 aromatic carbocycles. The summed E-state index contributed by atoms with van der Waals surface area (Å²) < 4.78 is 1.79. The van der Waals surface area contributed by atoms with Gasteiger partial charge in [0, 0.05) is 51.5 Å². The molecule has 0 aliphatic carbocycles. The molecular formula is C19H23N7O. The minimum atomic E-state index is -0.0210. The average Bonchev–Trinajstić information content (AvgIpc) is 3.14. The van der Waals surface area contributed by atoms with E-state index in [1.807, 2.05) is 20.2 Å². The van der Waals surface area contributed by atoms with Gasteiger partial charge >= 0.3 is 0 Å². The van der Waals surface area contributed by atoms with Crippen molar-refractivity contribution in [2.24, 2.45) is 13.0 Å². The van der Waals surface area contributed by atoms with Crippen molar-refractivity contribution in [1.29, 1.82) is 0 Å². The first-order chi connectivity index (χ1) is 13.1. The van der Waals surface area contributed by atoms with Crippen molar-refractivity contribution in [3.8, 4) is 0 Å². The lowest BCUT2D eigenvalue weighted by molar-refractivity contribution is 0.0759. The number of aromatic nitrogens is 5. The third-order valence-corrected chi connectivity index (χ3v) is 5.13. The van der Waals surface area contributed by atoms with Crippen LogP contribution >= 0.6 is 0 Å². The Morgan fingerprint density at radius 3 is 2.81 bits per heavy atom. The third-order valence-electron chi connectivity index (χ3n) is 5.13. The highest BCUT2D eigenvalue weighted by atomic mass is 16.2. The Bertz CT molecular complexity index is 941. The Hall–Kier alpha value is -3.03. The Morgan fingerprint density at radius 1 is 1.26 bits per heavy atom. The molecule has 1 aliphatic heterocycles. The number of piperidine rings is 1. The molecule has 8 heteroatoms. The van der Waals surface area contributed by atoms with Crippen LogP contribution < -0.4 is 4.90 Å². The molecule has 4 heterocycles. The first-order valence-electron chi connectivity index (χ1n) is 9.15. The fourth-order valence-electron chi connectivity index (χ4n) is 3.66. The van der Waals surface area contributed by atoms with E-state index in [4.69, 9.17) is 0 Å². The van der Waals surface area contributed by atoms with E-state index >= 15 is 0 Å². The number of imidazole rings is 1. The molecule has 3 aromatic rings. The molecule has 3 aromatic heterocycles. The lowest BCUT2D eigenvalue weighted by atomic mass is 9.96. The van der Waals surface area contributed by atoms with E-state index in [-0.39, 0.29) is 5.91 Å². The maximum absolute atomic E-state index is 12.5. The molecule has 0 spiro atoms. The molecule has 1 amide bonds. The van der Waals surface area contributed by atoms with Gasteiger partial charge in [-0.2, -0.15) is 0 Å². The van der Waals surface area contributed by atoms with Gasteiger partial charge in [0.1, 0.15) is 17.8 Å². The molecule has 0 bridgehead atoms. The SMILES string of the molecule is CN(CC1CCN(c2ncnc3cnccc23)CC1)C(=O)c1cn(C)cn1. The van der Waals surface area contributed by atoms with Crippen LogP contribution in [0.1, 0.15) is 23.3 Å². The smallest absolute Gasteiger partial charge is 0.273 e. The van der Waals surface area contributed by atoms with Crippen molar-refractivity contribution >= 4 is 22.6 Å². The summed E-state index contributed by atoms with van der Waals surface area (Å²) in [4.78, 5) is 33.6. The molecule has 0 saturated carbocycles. The number of carbonyl (C=O) groups excluding carboxylic acids is 1. The van der Waals surface area contributed by atoms with Crippen molar-refractivity contribution in [2.75, 3.05) is 31.6 Å². The first-order valence-corrected chi connectivity index (χ1v) is 9.15. The van der Waals surface area contributed by atoms with Crippen LogP contribution in [-0.2, 0) is 7.05 Å². The van der Waals surface area contributed by atoms with Crippen molar-refractivity contribution < 1.29 is 4.79 Å². The first kappa shape index (κ1) is 17.4. The zero-order valence-electron chi connectivity index (χ0n) is 15.6. The number of nitrogens with zero attached hydrogens (tertiary/aromatic N) is 7. The molecule has 1 fully saturated rings. The lowest BCUT2D eigenvalue weighted by Gasteiger charge is -2.34. The van der Waals surface area contributed by atoms with Gasteiger partial charge in [-0.25, -0.2) is 15.0 Å². The van der Waals surface area contributed by atoms with Gasteiger partial charge in [0.05, 0.1) is 18.0 Å². The number of fused-ring (bicyclic) bond motifs is 1. The van der Waals surface area contributed by atoms with E-state index in [2.05, 4.69) is 24.8 Å². The number of rotatable bonds is 4. The zero-order chi connectivity index (χ0) is 18.8. The summed E-state index contributed by atoms with van der Waals surface area (Å²) in [5, 5.41) is 1.04. The van der Waals surface area contributed by atoms with Gasteiger partial charge in [-0.05, 0) is 24.8 Å². The van der Waals surface area contributed by atoms with E-state index in [9.17, 15) is 4.79 Å². The van der Waals surface area contributed by atoms with E-state index < -0.39 is 0 Å². The second-order valence-corrected chi connectivity index (χ2v) is 7.13. The molecule has 4 rings (SSSR count). The summed E-state index contributed by atoms with van der Waals surface area (Å²) in [7, 11) is 3.72. The molecular weight excluding hydrogens is 342 g/mol. The normalized spacial score (nSPS) is 15.3. The summed E-state index contributed by atoms with van der Waals surface area (Å²) in [6.45, 7) is 2.59. The molecule has 8 nitrogen and oxygen atoms in total. The zero-order valence-corrected chi connectivity index (χ0v) is 15.6. The maximum atomic E-state index is 12.5. The van der Waals surface area contributed by atoms with Crippen LogP contribution in [0.4, 0.5) is 5.82 Å². The number of pyridine rings is 1. The van der Waals surface area contributed by atoms with Crippen LogP contribution in [0.25, 0.3) is 10.9 Å². The highest BCUT2D eigenvalue weighted by Gasteiger charge is 2.24. The van der Waals surface area contributed by atoms with Gasteiger partial charge in [-0.3, -0.25) is 9.78 Å². The fourth-order valence-corrected chi connectivity index (χ4v) is 3.66. The summed E-state index contributed by atoms with van der Waals surface area (Å²) >= 11 is 0. The van der Waals surface area contributed by atoms with Crippen molar-refractivity contribution in [2.45, 2.75) is 12.8 Å². The van der Waals surface area contributed by atoms with E-state index in [1.165, 1.54) is 0 Å². The van der Waals surface area contributed by atoms with Crippen LogP contribution in [0.5, 0.6) is 0 Å². The topological polar surface area (TPSA) is 80.0 Å². The minimum Gasteiger partial charge on any atom is -0.356 e. The molecule has 140 valence electrons. The molecule has 1 saturated heterocycles. The van der Waals surface area contributed by atoms with Crippen LogP contribution in [0.2, 0.25) is 0 Å². The molecule has 0 N–H and O–H groups in total. The molecule has 27 heavy (non-hydrogen) atoms. The van der Waals surface area contributed by atoms with Gasteiger partial charge in [0.25, 0.3) is 5.91 Å². The maximum Gasteiger partial charge on any atom is 0.273 e. The predicted octanol–water partition coefficient (Wildman–Crippen LogP) is 1.75. The Labute approximate surface area is 157 Å². The summed E-state index contributed by atoms with van der Waals surface area (Å²) in [5.74, 6) is 1.43. The fraction of sp³-hybridized carbons (Fsp3) is 0.421. The third kappa shape index (κ3) is 3.60. The molecule has 0 atom stereocenters. The van der Waals surface area contributed by atoms with Crippen LogP contribution in [-0.4, -0.2) is 62.0 Å². The minimum absolute atomic E-state index is 0.0210. The number of aryl methyl sites for hydroxylation is 1. The van der Waals surface area contributed by atoms with Crippen LogP contribution in [0.3, 0.4) is 0 Å². The second kappa shape index (κ2) is 7.30. The monoisotopic (exact) mass is 365 g/mol. The van der Waals surface area contributed by atoms with Crippen molar-refractivity contribution in [1.82, 2.24) is 29.4 Å². The number of amides is 1. The van der Waals surface area contributed by atoms with Crippen LogP contribution in [0, 0.1) is 5.92 Å². The number of anilines is 1. The Morgan fingerprint density at radius 2 is 2.07 bits per heavy atom. The summed E-state index contributed by atoms with van der Waals surface area (Å²) in [5.41, 5.74) is 1.36. The Kier molecular flexibility index (Phi) is 4.70. The quantitative estimate of drug-likeness (QED) is 0.701. The van der Waals surface area contributed by atoms with E-state index in [1.54, 1.807) is 40.7 Å². The highest BCUT2D eigenvalue weighted by molar-refractivity contribution is 5.92. The van der Waals surface area contributed by atoms with Crippen molar-refractivity contribution in [3.05, 3.63) is 43.0 Å². The van der Waals surface area contributed by atoms with Gasteiger partial charge in [-0.15, -0.1) is 0 Å². The second-order valence-electron chi connectivity index (χ2n) is 7.13. The summed E-state index contributed by atoms with van der Waals surface area (Å²) in [6, 6.07) is 1.97. The van der Waals surface area contributed by atoms with Crippen molar-refractivity contribution in [3.63, 3.8) is 0 Å². The number of hydrogen-bond acceptors (Lipinski definition) is 6. The summed E-state index contributed by atoms with van der Waals surface area (Å²) in [6.07, 6.45) is 10.6. The lowest BCUT2D eigenvalue weighted by Crippen LogP contribution is -2.40. The molecule has 1 aliphatic rings. The van der Waals surface area contributed by atoms with Gasteiger partial charge in [0.15, 0.2) is 0 Å². The average molecular weight is 365 g/mol. The largest absolute Gasteiger partial charge is 0.356 e. The number of carbonyl (C=O) groups is 1. The predicted molar refractivity (Wildman–Crippen MR) is 102 cm³/mol. The van der Waals surface area contributed by atoms with Gasteiger partial charge in [-0.1, -0.05) is 0 Å². The van der Waals surface area contributed by atoms with E-state index in [0.29, 0.717) is 11.6 Å². The van der Waals surface area contributed by atoms with E-state index in [0.717, 1.165) is 49.2 Å². The standard InChI is InChI=1S/C19H23N7O/c1-24-11-17(23-13-24)19(27)25(2)10-14-4-7-26(8-5-14)18-15-3-6-20-9-16(15)21-12-22-18/h3,6,9,11-14H,4-5,7-8,10H2,1-2H3. The Balaban J connectivity index is 1.38. The molecule has 0 radical (unpaired) electrons. The van der Waals surface area contributed by atoms with Gasteiger partial charge < -0.3 is 14.4 Å². The molecule has 0 unspecified atom stereocenters.